The van der Waals surface area contributed by atoms with Crippen LogP contribution in [0.25, 0.3) is 0 Å². The van der Waals surface area contributed by atoms with Gasteiger partial charge in [-0.1, -0.05) is 6.08 Å². The first kappa shape index (κ1) is 5.99. The molecule has 0 amide bonds. The molecule has 0 atom stereocenters. The Bertz CT molecular complexity index is 168. The SMILES string of the molecule is C=CCC1=CN(C)[C+]=N1. The van der Waals surface area contributed by atoms with Crippen LogP contribution < -0.4 is 0 Å². The zero-order valence-corrected chi connectivity index (χ0v) is 5.46. The number of hydrogen-bond acceptors (Lipinski definition) is 2. The molecule has 9 heavy (non-hydrogen) atoms. The maximum Gasteiger partial charge on any atom is 0.255 e. The van der Waals surface area contributed by atoms with E-state index in [1.54, 1.807) is 4.90 Å². The molecule has 0 aromatic carbocycles. The lowest BCUT2D eigenvalue weighted by Crippen LogP contribution is -2.01. The molecule has 2 heteroatoms. The molecule has 0 saturated carbocycles. The van der Waals surface area contributed by atoms with Crippen molar-refractivity contribution in [1.82, 2.24) is 4.90 Å². The van der Waals surface area contributed by atoms with Crippen LogP contribution in [0.2, 0.25) is 0 Å². The van der Waals surface area contributed by atoms with Crippen molar-refractivity contribution in [3.8, 4) is 0 Å². The number of rotatable bonds is 2. The molecule has 46 valence electrons. The minimum atomic E-state index is 0.831. The third-order valence-corrected chi connectivity index (χ3v) is 1.05. The maximum absolute atomic E-state index is 3.97. The fourth-order valence-corrected chi connectivity index (χ4v) is 0.671. The average molecular weight is 121 g/mol. The van der Waals surface area contributed by atoms with E-state index in [1.165, 1.54) is 0 Å². The van der Waals surface area contributed by atoms with Gasteiger partial charge in [-0.2, -0.15) is 4.90 Å². The van der Waals surface area contributed by atoms with Gasteiger partial charge in [0.25, 0.3) is 6.34 Å². The highest BCUT2D eigenvalue weighted by molar-refractivity contribution is 5.61. The van der Waals surface area contributed by atoms with Gasteiger partial charge in [0.2, 0.25) is 5.70 Å². The summed E-state index contributed by atoms with van der Waals surface area (Å²) in [5, 5.41) is 0. The van der Waals surface area contributed by atoms with Gasteiger partial charge in [0.15, 0.2) is 6.20 Å². The van der Waals surface area contributed by atoms with Gasteiger partial charge in [0, 0.05) is 7.05 Å². The van der Waals surface area contributed by atoms with Crippen molar-refractivity contribution < 1.29 is 0 Å². The third-order valence-electron chi connectivity index (χ3n) is 1.05. The van der Waals surface area contributed by atoms with Crippen LogP contribution in [0.1, 0.15) is 6.42 Å². The Morgan fingerprint density at radius 3 is 3.22 bits per heavy atom. The van der Waals surface area contributed by atoms with Crippen LogP contribution in [0.15, 0.2) is 29.5 Å². The van der Waals surface area contributed by atoms with Crippen molar-refractivity contribution in [2.75, 3.05) is 7.05 Å². The van der Waals surface area contributed by atoms with E-state index in [0.717, 1.165) is 12.1 Å². The van der Waals surface area contributed by atoms with Crippen LogP contribution >= 0.6 is 0 Å². The molecular weight excluding hydrogens is 112 g/mol. The Hall–Kier alpha value is -1.14. The topological polar surface area (TPSA) is 15.6 Å². The second-order valence-corrected chi connectivity index (χ2v) is 1.94. The first-order valence-corrected chi connectivity index (χ1v) is 2.83. The second kappa shape index (κ2) is 2.42. The van der Waals surface area contributed by atoms with Crippen LogP contribution in [0.5, 0.6) is 0 Å². The van der Waals surface area contributed by atoms with Crippen molar-refractivity contribution in [2.24, 2.45) is 4.99 Å². The molecule has 0 fully saturated rings. The predicted octanol–water partition coefficient (Wildman–Crippen LogP) is 1.25. The fourth-order valence-electron chi connectivity index (χ4n) is 0.671. The molecular formula is C7H9N2+. The van der Waals surface area contributed by atoms with E-state index in [9.17, 15) is 0 Å². The van der Waals surface area contributed by atoms with Gasteiger partial charge in [-0.3, -0.25) is 0 Å². The van der Waals surface area contributed by atoms with E-state index in [2.05, 4.69) is 17.9 Å². The number of hydrogen-bond donors (Lipinski definition) is 0. The summed E-state index contributed by atoms with van der Waals surface area (Å²) in [6.07, 6.45) is 7.36. The fraction of sp³-hybridized carbons (Fsp3) is 0.286. The largest absolute Gasteiger partial charge is 0.255 e. The van der Waals surface area contributed by atoms with Crippen molar-refractivity contribution in [3.63, 3.8) is 0 Å². The van der Waals surface area contributed by atoms with Gasteiger partial charge in [-0.05, 0) is 4.99 Å². The maximum atomic E-state index is 3.97. The van der Waals surface area contributed by atoms with E-state index in [4.69, 9.17) is 0 Å². The van der Waals surface area contributed by atoms with Gasteiger partial charge < -0.3 is 0 Å². The minimum Gasteiger partial charge on any atom is -0.176 e. The van der Waals surface area contributed by atoms with E-state index in [1.807, 2.05) is 19.3 Å². The highest BCUT2D eigenvalue weighted by Crippen LogP contribution is 2.08. The molecule has 0 unspecified atom stereocenters. The quantitative estimate of drug-likeness (QED) is 0.396. The molecule has 0 spiro atoms. The molecule has 0 bridgehead atoms. The van der Waals surface area contributed by atoms with Gasteiger partial charge in [-0.15, -0.1) is 6.58 Å². The lowest BCUT2D eigenvalue weighted by molar-refractivity contribution is 0.721. The molecule has 0 aliphatic carbocycles. The van der Waals surface area contributed by atoms with Gasteiger partial charge in [0.05, 0.1) is 6.42 Å². The molecule has 1 rings (SSSR count). The minimum absolute atomic E-state index is 0.831. The number of aliphatic imine (C=N–C) groups is 1. The zero-order valence-electron chi connectivity index (χ0n) is 5.46. The van der Waals surface area contributed by atoms with E-state index in [0.29, 0.717) is 0 Å². The van der Waals surface area contributed by atoms with Gasteiger partial charge in [0.1, 0.15) is 0 Å². The lowest BCUT2D eigenvalue weighted by atomic mass is 10.3. The Kier molecular flexibility index (Phi) is 1.61. The summed E-state index contributed by atoms with van der Waals surface area (Å²) in [7, 11) is 1.90. The van der Waals surface area contributed by atoms with Crippen LogP contribution in [-0.2, 0) is 0 Å². The van der Waals surface area contributed by atoms with E-state index in [-0.39, 0.29) is 0 Å². The first-order chi connectivity index (χ1) is 4.33. The molecule has 0 radical (unpaired) electrons. The molecule has 0 aromatic rings. The van der Waals surface area contributed by atoms with Crippen molar-refractivity contribution in [2.45, 2.75) is 6.42 Å². The summed E-state index contributed by atoms with van der Waals surface area (Å²) in [6, 6.07) is 0. The van der Waals surface area contributed by atoms with Crippen LogP contribution in [0, 0.1) is 0 Å². The summed E-state index contributed by atoms with van der Waals surface area (Å²) in [5.41, 5.74) is 1.02. The molecule has 0 N–H and O–H groups in total. The Labute approximate surface area is 55.2 Å². The van der Waals surface area contributed by atoms with Gasteiger partial charge >= 0.3 is 0 Å². The summed E-state index contributed by atoms with van der Waals surface area (Å²) >= 11 is 0. The molecule has 0 saturated heterocycles. The summed E-state index contributed by atoms with van der Waals surface area (Å²) < 4.78 is 0. The van der Waals surface area contributed by atoms with Crippen molar-refractivity contribution in [1.29, 1.82) is 0 Å². The van der Waals surface area contributed by atoms with Gasteiger partial charge in [-0.25, -0.2) is 0 Å². The zero-order chi connectivity index (χ0) is 6.69. The molecule has 2 nitrogen and oxygen atoms in total. The highest BCUT2D eigenvalue weighted by Gasteiger charge is 2.12. The Morgan fingerprint density at radius 2 is 2.78 bits per heavy atom. The van der Waals surface area contributed by atoms with E-state index >= 15 is 0 Å². The monoisotopic (exact) mass is 121 g/mol. The number of allylic oxidation sites excluding steroid dienone is 1. The molecule has 1 heterocycles. The molecule has 0 aromatic heterocycles. The standard InChI is InChI=1S/C7H9N2/c1-3-4-7-5-9(2)6-8-7/h3,5H,1,4H2,2H3/q+1. The summed E-state index contributed by atoms with van der Waals surface area (Å²) in [5.74, 6) is 0. The first-order valence-electron chi connectivity index (χ1n) is 2.83. The molecule has 1 aliphatic heterocycles. The molecule has 1 aliphatic rings. The van der Waals surface area contributed by atoms with E-state index < -0.39 is 0 Å². The Balaban J connectivity index is 2.53. The smallest absolute Gasteiger partial charge is 0.176 e. The predicted molar refractivity (Wildman–Crippen MR) is 38.1 cm³/mol. The second-order valence-electron chi connectivity index (χ2n) is 1.94. The average Bonchev–Trinajstić information content (AvgIpc) is 2.17. The van der Waals surface area contributed by atoms with Crippen molar-refractivity contribution in [3.05, 3.63) is 24.6 Å². The van der Waals surface area contributed by atoms with Crippen LogP contribution in [0.4, 0.5) is 0 Å². The normalized spacial score (nSPS) is 15.2. The number of nitrogens with zero attached hydrogens (tertiary/aromatic N) is 2. The highest BCUT2D eigenvalue weighted by atomic mass is 15.1. The third kappa shape index (κ3) is 1.37. The van der Waals surface area contributed by atoms with Crippen LogP contribution in [-0.4, -0.2) is 18.3 Å². The Morgan fingerprint density at radius 1 is 2.00 bits per heavy atom. The summed E-state index contributed by atoms with van der Waals surface area (Å²) in [6.45, 7) is 3.60. The van der Waals surface area contributed by atoms with Crippen molar-refractivity contribution >= 4 is 6.34 Å². The van der Waals surface area contributed by atoms with Crippen LogP contribution in [0.3, 0.4) is 0 Å². The summed E-state index contributed by atoms with van der Waals surface area (Å²) in [4.78, 5) is 5.78. The lowest BCUT2D eigenvalue weighted by Gasteiger charge is -1.82.